The average molecular weight is 365 g/mol. The number of ether oxygens (including phenoxy) is 1. The van der Waals surface area contributed by atoms with Crippen LogP contribution in [0.5, 0.6) is 0 Å². The molecule has 0 aliphatic heterocycles. The van der Waals surface area contributed by atoms with Crippen LogP contribution in [-0.2, 0) is 4.74 Å². The highest BCUT2D eigenvalue weighted by atomic mass is 35.5. The number of alkyl carbamates (subject to hydrolysis) is 1. The number of rotatable bonds is 5. The van der Waals surface area contributed by atoms with Gasteiger partial charge in [-0.05, 0) is 44.9 Å². The molecule has 0 aliphatic rings. The van der Waals surface area contributed by atoms with Crippen molar-refractivity contribution in [3.05, 3.63) is 27.7 Å². The Kier molecular flexibility index (Phi) is 6.95. The van der Waals surface area contributed by atoms with Crippen molar-refractivity contribution in [2.24, 2.45) is 0 Å². The summed E-state index contributed by atoms with van der Waals surface area (Å²) >= 11 is 11.8. The Bertz CT molecular complexity index is 538. The van der Waals surface area contributed by atoms with Crippen molar-refractivity contribution in [2.75, 3.05) is 12.3 Å². The summed E-state index contributed by atoms with van der Waals surface area (Å²) in [6.07, 6.45) is -2.77. The Morgan fingerprint density at radius 1 is 1.30 bits per heavy atom. The van der Waals surface area contributed by atoms with Gasteiger partial charge in [0.2, 0.25) is 0 Å². The van der Waals surface area contributed by atoms with Gasteiger partial charge in [-0.1, -0.05) is 23.2 Å². The van der Waals surface area contributed by atoms with Gasteiger partial charge in [-0.15, -0.1) is 0 Å². The number of nitrogens with two attached hydrogens (primary N) is 1. The summed E-state index contributed by atoms with van der Waals surface area (Å²) in [5, 5.41) is 23.0. The normalized spacial score (nSPS) is 14.2. The van der Waals surface area contributed by atoms with Crippen LogP contribution in [0.1, 0.15) is 38.9 Å². The minimum Gasteiger partial charge on any atom is -0.444 e. The number of nitrogen functional groups attached to an aromatic ring is 1. The van der Waals surface area contributed by atoms with Crippen LogP contribution < -0.4 is 11.1 Å². The molecule has 1 aromatic carbocycles. The van der Waals surface area contributed by atoms with E-state index in [2.05, 4.69) is 5.32 Å². The maximum Gasteiger partial charge on any atom is 0.407 e. The summed E-state index contributed by atoms with van der Waals surface area (Å²) in [6, 6.07) is 2.88. The quantitative estimate of drug-likeness (QED) is 0.601. The van der Waals surface area contributed by atoms with Gasteiger partial charge >= 0.3 is 6.09 Å². The zero-order valence-corrected chi connectivity index (χ0v) is 14.8. The maximum atomic E-state index is 11.5. The number of benzene rings is 1. The molecule has 0 saturated carbocycles. The van der Waals surface area contributed by atoms with Gasteiger partial charge in [-0.2, -0.15) is 0 Å². The summed E-state index contributed by atoms with van der Waals surface area (Å²) in [6.45, 7) is 5.39. The lowest BCUT2D eigenvalue weighted by Crippen LogP contribution is -2.34. The van der Waals surface area contributed by atoms with Gasteiger partial charge in [0.05, 0.1) is 21.8 Å². The van der Waals surface area contributed by atoms with Gasteiger partial charge in [-0.3, -0.25) is 0 Å². The molecular weight excluding hydrogens is 343 g/mol. The second-order valence-corrected chi connectivity index (χ2v) is 6.94. The van der Waals surface area contributed by atoms with Crippen molar-refractivity contribution < 1.29 is 19.7 Å². The van der Waals surface area contributed by atoms with Gasteiger partial charge < -0.3 is 26.0 Å². The van der Waals surface area contributed by atoms with E-state index in [1.54, 1.807) is 20.8 Å². The Labute approximate surface area is 145 Å². The number of carbonyl (C=O) groups is 1. The first-order valence-electron chi connectivity index (χ1n) is 7.08. The molecule has 0 aliphatic carbocycles. The van der Waals surface area contributed by atoms with E-state index in [4.69, 9.17) is 33.7 Å². The molecule has 2 atom stereocenters. The highest BCUT2D eigenvalue weighted by Gasteiger charge is 2.21. The van der Waals surface area contributed by atoms with E-state index in [-0.39, 0.29) is 28.7 Å². The Hall–Kier alpha value is -1.21. The summed E-state index contributed by atoms with van der Waals surface area (Å²) in [5.41, 5.74) is 5.58. The molecule has 8 heteroatoms. The van der Waals surface area contributed by atoms with Crippen molar-refractivity contribution in [1.29, 1.82) is 0 Å². The summed E-state index contributed by atoms with van der Waals surface area (Å²) in [4.78, 5) is 11.5. The van der Waals surface area contributed by atoms with Crippen LogP contribution in [0.4, 0.5) is 10.5 Å². The Morgan fingerprint density at radius 2 is 1.83 bits per heavy atom. The zero-order chi connectivity index (χ0) is 17.8. The SMILES string of the molecule is CC(C)(C)OC(=O)NCCC(O)C(O)c1cc(Cl)c(N)c(Cl)c1. The molecule has 0 saturated heterocycles. The lowest BCUT2D eigenvalue weighted by Gasteiger charge is -2.21. The van der Waals surface area contributed by atoms with E-state index >= 15 is 0 Å². The van der Waals surface area contributed by atoms with Crippen molar-refractivity contribution >= 4 is 35.0 Å². The molecule has 0 fully saturated rings. The maximum absolute atomic E-state index is 11.5. The lowest BCUT2D eigenvalue weighted by molar-refractivity contribution is 0.0123. The van der Waals surface area contributed by atoms with E-state index in [1.807, 2.05) is 0 Å². The molecule has 0 radical (unpaired) electrons. The first-order chi connectivity index (χ1) is 10.5. The third-order valence-electron chi connectivity index (χ3n) is 2.92. The number of halogens is 2. The third-order valence-corrected chi connectivity index (χ3v) is 3.54. The number of carbonyl (C=O) groups excluding carboxylic acids is 1. The molecule has 0 bridgehead atoms. The molecule has 1 rings (SSSR count). The molecule has 130 valence electrons. The predicted molar refractivity (Wildman–Crippen MR) is 90.7 cm³/mol. The van der Waals surface area contributed by atoms with Gasteiger partial charge in [-0.25, -0.2) is 4.79 Å². The predicted octanol–water partition coefficient (Wildman–Crippen LogP) is 2.88. The first-order valence-corrected chi connectivity index (χ1v) is 7.84. The van der Waals surface area contributed by atoms with Gasteiger partial charge in [0.15, 0.2) is 0 Å². The molecule has 1 amide bonds. The van der Waals surface area contributed by atoms with E-state index in [0.29, 0.717) is 5.56 Å². The van der Waals surface area contributed by atoms with Crippen LogP contribution in [0.25, 0.3) is 0 Å². The molecule has 23 heavy (non-hydrogen) atoms. The smallest absolute Gasteiger partial charge is 0.407 e. The van der Waals surface area contributed by atoms with Gasteiger partial charge in [0, 0.05) is 6.54 Å². The molecule has 5 N–H and O–H groups in total. The van der Waals surface area contributed by atoms with Crippen molar-refractivity contribution in [3.8, 4) is 0 Å². The molecule has 1 aromatic rings. The topological polar surface area (TPSA) is 105 Å². The summed E-state index contributed by atoms with van der Waals surface area (Å²) in [5.74, 6) is 0. The molecule has 6 nitrogen and oxygen atoms in total. The van der Waals surface area contributed by atoms with E-state index in [0.717, 1.165) is 0 Å². The number of amides is 1. The first kappa shape index (κ1) is 19.8. The fourth-order valence-corrected chi connectivity index (χ4v) is 2.29. The number of anilines is 1. The monoisotopic (exact) mass is 364 g/mol. The Balaban J connectivity index is 2.55. The van der Waals surface area contributed by atoms with E-state index in [9.17, 15) is 15.0 Å². The number of hydrogen-bond donors (Lipinski definition) is 4. The molecule has 0 spiro atoms. The largest absolute Gasteiger partial charge is 0.444 e. The fourth-order valence-electron chi connectivity index (χ4n) is 1.79. The number of aliphatic hydroxyl groups excluding tert-OH is 2. The number of aliphatic hydroxyl groups is 2. The fraction of sp³-hybridized carbons (Fsp3) is 0.533. The van der Waals surface area contributed by atoms with Gasteiger partial charge in [0.1, 0.15) is 11.7 Å². The van der Waals surface area contributed by atoms with E-state index < -0.39 is 23.9 Å². The molecular formula is C15H22Cl2N2O4. The molecule has 2 unspecified atom stereocenters. The average Bonchev–Trinajstić information content (AvgIpc) is 2.41. The zero-order valence-electron chi connectivity index (χ0n) is 13.3. The molecule has 0 heterocycles. The van der Waals surface area contributed by atoms with Crippen LogP contribution in [0, 0.1) is 0 Å². The second kappa shape index (κ2) is 8.06. The van der Waals surface area contributed by atoms with Crippen LogP contribution in [-0.4, -0.2) is 34.6 Å². The second-order valence-electron chi connectivity index (χ2n) is 6.13. The number of hydrogen-bond acceptors (Lipinski definition) is 5. The van der Waals surface area contributed by atoms with Crippen LogP contribution in [0.3, 0.4) is 0 Å². The van der Waals surface area contributed by atoms with Gasteiger partial charge in [0.25, 0.3) is 0 Å². The molecule has 0 aromatic heterocycles. The minimum absolute atomic E-state index is 0.125. The highest BCUT2D eigenvalue weighted by Crippen LogP contribution is 2.32. The third kappa shape index (κ3) is 6.43. The lowest BCUT2D eigenvalue weighted by atomic mass is 10.0. The van der Waals surface area contributed by atoms with Crippen molar-refractivity contribution in [1.82, 2.24) is 5.32 Å². The van der Waals surface area contributed by atoms with E-state index in [1.165, 1.54) is 12.1 Å². The van der Waals surface area contributed by atoms with Crippen LogP contribution >= 0.6 is 23.2 Å². The van der Waals surface area contributed by atoms with Crippen molar-refractivity contribution in [2.45, 2.75) is 45.0 Å². The van der Waals surface area contributed by atoms with Crippen LogP contribution in [0.2, 0.25) is 10.0 Å². The van der Waals surface area contributed by atoms with Crippen LogP contribution in [0.15, 0.2) is 12.1 Å². The standard InChI is InChI=1S/C15H22Cl2N2O4/c1-15(2,3)23-14(22)19-5-4-11(20)13(21)8-6-9(16)12(18)10(17)7-8/h6-7,11,13,20-21H,4-5,18H2,1-3H3,(H,19,22). The van der Waals surface area contributed by atoms with Crippen molar-refractivity contribution in [3.63, 3.8) is 0 Å². The highest BCUT2D eigenvalue weighted by molar-refractivity contribution is 6.38. The Morgan fingerprint density at radius 3 is 2.30 bits per heavy atom. The summed E-state index contributed by atoms with van der Waals surface area (Å²) < 4.78 is 5.07. The minimum atomic E-state index is -1.20. The number of nitrogens with one attached hydrogen (secondary N) is 1. The summed E-state index contributed by atoms with van der Waals surface area (Å²) in [7, 11) is 0.